The first-order valence-electron chi connectivity index (χ1n) is 6.94. The molecule has 0 fully saturated rings. The molecule has 0 aliphatic heterocycles. The molecule has 3 N–H and O–H groups in total. The lowest BCUT2D eigenvalue weighted by molar-refractivity contribution is -0.118. The van der Waals surface area contributed by atoms with Gasteiger partial charge in [0.2, 0.25) is 5.91 Å². The summed E-state index contributed by atoms with van der Waals surface area (Å²) in [6.07, 6.45) is 0.851. The molecule has 0 unspecified atom stereocenters. The molecule has 0 atom stereocenters. The molecule has 3 nitrogen and oxygen atoms in total. The minimum Gasteiger partial charge on any atom is -0.398 e. The SMILES string of the molecule is Cc1ccc(N)c(SCC(=O)NCCc2ccccc2)c1. The van der Waals surface area contributed by atoms with Crippen LogP contribution < -0.4 is 11.1 Å². The molecule has 2 rings (SSSR count). The lowest BCUT2D eigenvalue weighted by Crippen LogP contribution is -2.27. The maximum atomic E-state index is 11.8. The molecule has 1 amide bonds. The molecule has 0 spiro atoms. The number of carbonyl (C=O) groups excluding carboxylic acids is 1. The molecular formula is C17H20N2OS. The van der Waals surface area contributed by atoms with Gasteiger partial charge < -0.3 is 11.1 Å². The highest BCUT2D eigenvalue weighted by molar-refractivity contribution is 8.00. The van der Waals surface area contributed by atoms with Gasteiger partial charge in [-0.2, -0.15) is 0 Å². The number of nitrogens with one attached hydrogen (secondary N) is 1. The summed E-state index contributed by atoms with van der Waals surface area (Å²) in [6.45, 7) is 2.68. The largest absolute Gasteiger partial charge is 0.398 e. The van der Waals surface area contributed by atoms with E-state index in [1.54, 1.807) is 0 Å². The van der Waals surface area contributed by atoms with E-state index < -0.39 is 0 Å². The summed E-state index contributed by atoms with van der Waals surface area (Å²) in [5, 5.41) is 2.93. The van der Waals surface area contributed by atoms with E-state index in [1.807, 2.05) is 43.3 Å². The van der Waals surface area contributed by atoms with Crippen LogP contribution in [0.5, 0.6) is 0 Å². The Balaban J connectivity index is 1.74. The number of carbonyl (C=O) groups is 1. The summed E-state index contributed by atoms with van der Waals surface area (Å²) in [4.78, 5) is 12.8. The maximum Gasteiger partial charge on any atom is 0.230 e. The maximum absolute atomic E-state index is 11.8. The molecular weight excluding hydrogens is 280 g/mol. The van der Waals surface area contributed by atoms with Gasteiger partial charge in [0.05, 0.1) is 5.75 Å². The van der Waals surface area contributed by atoms with Crippen molar-refractivity contribution in [2.75, 3.05) is 18.0 Å². The fourth-order valence-corrected chi connectivity index (χ4v) is 2.84. The van der Waals surface area contributed by atoms with E-state index in [9.17, 15) is 4.79 Å². The van der Waals surface area contributed by atoms with Crippen molar-refractivity contribution in [1.82, 2.24) is 5.32 Å². The van der Waals surface area contributed by atoms with Crippen molar-refractivity contribution in [1.29, 1.82) is 0 Å². The molecule has 0 heterocycles. The molecule has 0 aromatic heterocycles. The van der Waals surface area contributed by atoms with Crippen LogP contribution in [0, 0.1) is 6.92 Å². The van der Waals surface area contributed by atoms with Crippen LogP contribution in [0.15, 0.2) is 53.4 Å². The van der Waals surface area contributed by atoms with Crippen molar-refractivity contribution in [3.05, 3.63) is 59.7 Å². The average molecular weight is 300 g/mol. The smallest absolute Gasteiger partial charge is 0.230 e. The van der Waals surface area contributed by atoms with Crippen molar-refractivity contribution in [3.8, 4) is 0 Å². The van der Waals surface area contributed by atoms with Crippen LogP contribution in [-0.4, -0.2) is 18.2 Å². The molecule has 0 saturated carbocycles. The minimum absolute atomic E-state index is 0.0387. The minimum atomic E-state index is 0.0387. The van der Waals surface area contributed by atoms with Crippen LogP contribution >= 0.6 is 11.8 Å². The van der Waals surface area contributed by atoms with E-state index in [4.69, 9.17) is 5.73 Å². The quantitative estimate of drug-likeness (QED) is 0.637. The second-order valence-electron chi connectivity index (χ2n) is 4.92. The molecule has 2 aromatic rings. The van der Waals surface area contributed by atoms with Crippen LogP contribution in [0.4, 0.5) is 5.69 Å². The number of thioether (sulfide) groups is 1. The second-order valence-corrected chi connectivity index (χ2v) is 5.93. The van der Waals surface area contributed by atoms with Gasteiger partial charge in [0.1, 0.15) is 0 Å². The zero-order chi connectivity index (χ0) is 15.1. The number of hydrogen-bond donors (Lipinski definition) is 2. The Morgan fingerprint density at radius 1 is 1.19 bits per heavy atom. The number of rotatable bonds is 6. The van der Waals surface area contributed by atoms with Crippen molar-refractivity contribution in [2.45, 2.75) is 18.2 Å². The molecule has 0 radical (unpaired) electrons. The first-order chi connectivity index (χ1) is 10.1. The zero-order valence-corrected chi connectivity index (χ0v) is 13.0. The van der Waals surface area contributed by atoms with Gasteiger partial charge in [0.15, 0.2) is 0 Å². The van der Waals surface area contributed by atoms with Gasteiger partial charge in [-0.05, 0) is 36.6 Å². The first kappa shape index (κ1) is 15.4. The van der Waals surface area contributed by atoms with E-state index in [0.29, 0.717) is 12.3 Å². The predicted molar refractivity (Wildman–Crippen MR) is 89.5 cm³/mol. The Morgan fingerprint density at radius 3 is 2.71 bits per heavy atom. The highest BCUT2D eigenvalue weighted by Crippen LogP contribution is 2.25. The van der Waals surface area contributed by atoms with Crippen molar-refractivity contribution in [3.63, 3.8) is 0 Å². The molecule has 0 bridgehead atoms. The van der Waals surface area contributed by atoms with E-state index in [1.165, 1.54) is 17.3 Å². The molecule has 0 aliphatic rings. The van der Waals surface area contributed by atoms with E-state index in [0.717, 1.165) is 22.6 Å². The first-order valence-corrected chi connectivity index (χ1v) is 7.93. The Hall–Kier alpha value is -1.94. The van der Waals surface area contributed by atoms with Gasteiger partial charge in [0, 0.05) is 17.1 Å². The third-order valence-electron chi connectivity index (χ3n) is 3.11. The number of aryl methyl sites for hydroxylation is 1. The number of hydrogen-bond acceptors (Lipinski definition) is 3. The third kappa shape index (κ3) is 5.16. The highest BCUT2D eigenvalue weighted by Gasteiger charge is 2.05. The number of benzene rings is 2. The number of anilines is 1. The van der Waals surface area contributed by atoms with Crippen molar-refractivity contribution in [2.24, 2.45) is 0 Å². The molecule has 4 heteroatoms. The zero-order valence-electron chi connectivity index (χ0n) is 12.1. The monoisotopic (exact) mass is 300 g/mol. The summed E-state index contributed by atoms with van der Waals surface area (Å²) in [5.41, 5.74) is 9.00. The van der Waals surface area contributed by atoms with E-state index in [2.05, 4.69) is 17.4 Å². The van der Waals surface area contributed by atoms with Gasteiger partial charge in [-0.3, -0.25) is 4.79 Å². The normalized spacial score (nSPS) is 10.3. The summed E-state index contributed by atoms with van der Waals surface area (Å²) in [5.74, 6) is 0.430. The number of nitrogens with two attached hydrogens (primary N) is 1. The standard InChI is InChI=1S/C17H20N2OS/c1-13-7-8-15(18)16(11-13)21-12-17(20)19-10-9-14-5-3-2-4-6-14/h2-8,11H,9-10,12,18H2,1H3,(H,19,20). The lowest BCUT2D eigenvalue weighted by Gasteiger charge is -2.08. The molecule has 110 valence electrons. The fourth-order valence-electron chi connectivity index (χ4n) is 1.95. The second kappa shape index (κ2) is 7.74. The Morgan fingerprint density at radius 2 is 1.95 bits per heavy atom. The average Bonchev–Trinajstić information content (AvgIpc) is 2.49. The van der Waals surface area contributed by atoms with Crippen molar-refractivity contribution < 1.29 is 4.79 Å². The van der Waals surface area contributed by atoms with E-state index >= 15 is 0 Å². The predicted octanol–water partition coefficient (Wildman–Crippen LogP) is 3.03. The number of amides is 1. The van der Waals surface area contributed by atoms with Crippen LogP contribution in [0.3, 0.4) is 0 Å². The Kier molecular flexibility index (Phi) is 5.69. The molecule has 0 aliphatic carbocycles. The topological polar surface area (TPSA) is 55.1 Å². The van der Waals surface area contributed by atoms with Crippen molar-refractivity contribution >= 4 is 23.4 Å². The van der Waals surface area contributed by atoms with Crippen LogP contribution in [0.2, 0.25) is 0 Å². The van der Waals surface area contributed by atoms with Gasteiger partial charge in [-0.15, -0.1) is 11.8 Å². The summed E-state index contributed by atoms with van der Waals surface area (Å²) < 4.78 is 0. The van der Waals surface area contributed by atoms with E-state index in [-0.39, 0.29) is 5.91 Å². The van der Waals surface area contributed by atoms with Crippen LogP contribution in [-0.2, 0) is 11.2 Å². The van der Waals surface area contributed by atoms with Crippen LogP contribution in [0.25, 0.3) is 0 Å². The lowest BCUT2D eigenvalue weighted by atomic mass is 10.1. The summed E-state index contributed by atoms with van der Waals surface area (Å²) in [6, 6.07) is 16.0. The highest BCUT2D eigenvalue weighted by atomic mass is 32.2. The van der Waals surface area contributed by atoms with Gasteiger partial charge in [0.25, 0.3) is 0 Å². The molecule has 2 aromatic carbocycles. The Labute approximate surface area is 129 Å². The van der Waals surface area contributed by atoms with Gasteiger partial charge in [-0.1, -0.05) is 36.4 Å². The van der Waals surface area contributed by atoms with Gasteiger partial charge in [-0.25, -0.2) is 0 Å². The summed E-state index contributed by atoms with van der Waals surface area (Å²) >= 11 is 1.48. The molecule has 21 heavy (non-hydrogen) atoms. The fraction of sp³-hybridized carbons (Fsp3) is 0.235. The Bertz CT molecular complexity index is 599. The molecule has 0 saturated heterocycles. The third-order valence-corrected chi connectivity index (χ3v) is 4.18. The van der Waals surface area contributed by atoms with Crippen LogP contribution in [0.1, 0.15) is 11.1 Å². The number of nitrogen functional groups attached to an aromatic ring is 1. The summed E-state index contributed by atoms with van der Waals surface area (Å²) in [7, 11) is 0. The van der Waals surface area contributed by atoms with Gasteiger partial charge >= 0.3 is 0 Å².